The van der Waals surface area contributed by atoms with Crippen LogP contribution in [0.25, 0.3) is 0 Å². The zero-order valence-electron chi connectivity index (χ0n) is 20.4. The summed E-state index contributed by atoms with van der Waals surface area (Å²) in [5.74, 6) is 0.197. The SMILES string of the molecule is Cc1ccc(C(C)(C)C)cc1Sc1ccc(C(=O)N(Cc2cccnc2)Cc2cccn2C)o1. The molecule has 0 atom stereocenters. The zero-order chi connectivity index (χ0) is 24.3. The maximum absolute atomic E-state index is 13.5. The van der Waals surface area contributed by atoms with Gasteiger partial charge in [-0.1, -0.05) is 50.7 Å². The van der Waals surface area contributed by atoms with Crippen LogP contribution in [0.3, 0.4) is 0 Å². The second-order valence-corrected chi connectivity index (χ2v) is 10.6. The predicted molar refractivity (Wildman–Crippen MR) is 136 cm³/mol. The van der Waals surface area contributed by atoms with Crippen LogP contribution in [0.5, 0.6) is 0 Å². The molecule has 1 aromatic carbocycles. The third-order valence-corrected chi connectivity index (χ3v) is 6.92. The fraction of sp³-hybridized carbons (Fsp3) is 0.286. The molecule has 4 rings (SSSR count). The number of benzene rings is 1. The molecule has 0 spiro atoms. The van der Waals surface area contributed by atoms with Crippen LogP contribution < -0.4 is 0 Å². The van der Waals surface area contributed by atoms with E-state index in [0.29, 0.717) is 23.9 Å². The first-order valence-electron chi connectivity index (χ1n) is 11.4. The average Bonchev–Trinajstić information content (AvgIpc) is 3.43. The predicted octanol–water partition coefficient (Wildman–Crippen LogP) is 6.61. The number of furan rings is 1. The van der Waals surface area contributed by atoms with E-state index in [1.807, 2.05) is 48.1 Å². The van der Waals surface area contributed by atoms with E-state index in [0.717, 1.165) is 16.2 Å². The summed E-state index contributed by atoms with van der Waals surface area (Å²) in [6.45, 7) is 9.65. The largest absolute Gasteiger partial charge is 0.444 e. The van der Waals surface area contributed by atoms with Gasteiger partial charge in [-0.2, -0.15) is 0 Å². The van der Waals surface area contributed by atoms with E-state index in [1.54, 1.807) is 35.1 Å². The normalized spacial score (nSPS) is 11.6. The van der Waals surface area contributed by atoms with Crippen molar-refractivity contribution >= 4 is 17.7 Å². The molecule has 0 aliphatic rings. The molecule has 1 amide bonds. The lowest BCUT2D eigenvalue weighted by Gasteiger charge is -2.22. The first-order chi connectivity index (χ1) is 16.2. The van der Waals surface area contributed by atoms with Gasteiger partial charge in [0, 0.05) is 42.8 Å². The molecule has 0 N–H and O–H groups in total. The Bertz CT molecular complexity index is 1270. The van der Waals surface area contributed by atoms with E-state index in [1.165, 1.54) is 11.1 Å². The number of aromatic nitrogens is 2. The lowest BCUT2D eigenvalue weighted by atomic mass is 9.87. The van der Waals surface area contributed by atoms with Crippen LogP contribution in [-0.4, -0.2) is 20.4 Å². The second kappa shape index (κ2) is 9.94. The summed E-state index contributed by atoms with van der Waals surface area (Å²) in [4.78, 5) is 20.6. The maximum atomic E-state index is 13.5. The standard InChI is InChI=1S/C28H31N3O2S/c1-20-10-11-22(28(2,3)4)16-25(20)34-26-13-12-24(33-26)27(32)31(18-21-8-6-14-29-17-21)19-23-9-7-15-30(23)5/h6-17H,18-19H2,1-5H3. The molecular formula is C28H31N3O2S. The van der Waals surface area contributed by atoms with Gasteiger partial charge in [0.2, 0.25) is 0 Å². The van der Waals surface area contributed by atoms with Crippen molar-refractivity contribution < 1.29 is 9.21 Å². The zero-order valence-corrected chi connectivity index (χ0v) is 21.2. The molecule has 0 saturated carbocycles. The Morgan fingerprint density at radius 1 is 1.09 bits per heavy atom. The Morgan fingerprint density at radius 3 is 2.59 bits per heavy atom. The Balaban J connectivity index is 1.56. The maximum Gasteiger partial charge on any atom is 0.290 e. The number of aryl methyl sites for hydroxylation is 2. The van der Waals surface area contributed by atoms with Gasteiger partial charge in [0.1, 0.15) is 0 Å². The van der Waals surface area contributed by atoms with Crippen molar-refractivity contribution in [3.63, 3.8) is 0 Å². The number of hydrogen-bond acceptors (Lipinski definition) is 4. The first-order valence-corrected chi connectivity index (χ1v) is 12.2. The van der Waals surface area contributed by atoms with E-state index in [9.17, 15) is 4.79 Å². The van der Waals surface area contributed by atoms with Gasteiger partial charge >= 0.3 is 0 Å². The Kier molecular flexibility index (Phi) is 6.98. The van der Waals surface area contributed by atoms with Crippen molar-refractivity contribution in [2.24, 2.45) is 7.05 Å². The first kappa shape index (κ1) is 23.9. The molecule has 0 saturated heterocycles. The van der Waals surface area contributed by atoms with Gasteiger partial charge in [-0.25, -0.2) is 0 Å². The van der Waals surface area contributed by atoms with Crippen LogP contribution in [0, 0.1) is 6.92 Å². The van der Waals surface area contributed by atoms with E-state index in [-0.39, 0.29) is 11.3 Å². The summed E-state index contributed by atoms with van der Waals surface area (Å²) in [5, 5.41) is 0.706. The van der Waals surface area contributed by atoms with Crippen LogP contribution in [0.2, 0.25) is 0 Å². The van der Waals surface area contributed by atoms with Crippen molar-refractivity contribution in [3.05, 3.63) is 101 Å². The van der Waals surface area contributed by atoms with Gasteiger partial charge in [0.15, 0.2) is 10.9 Å². The summed E-state index contributed by atoms with van der Waals surface area (Å²) in [5.41, 5.74) is 4.54. The molecule has 0 aliphatic carbocycles. The van der Waals surface area contributed by atoms with Crippen molar-refractivity contribution in [3.8, 4) is 0 Å². The van der Waals surface area contributed by atoms with Gasteiger partial charge in [-0.05, 0) is 65.4 Å². The quantitative estimate of drug-likeness (QED) is 0.303. The highest BCUT2D eigenvalue weighted by Crippen LogP contribution is 2.35. The summed E-state index contributed by atoms with van der Waals surface area (Å²) >= 11 is 1.55. The van der Waals surface area contributed by atoms with Gasteiger partial charge in [0.25, 0.3) is 5.91 Å². The van der Waals surface area contributed by atoms with E-state index < -0.39 is 0 Å². The lowest BCUT2D eigenvalue weighted by Crippen LogP contribution is -2.30. The van der Waals surface area contributed by atoms with Crippen LogP contribution in [0.15, 0.2) is 87.6 Å². The van der Waals surface area contributed by atoms with Crippen molar-refractivity contribution in [2.75, 3.05) is 0 Å². The fourth-order valence-electron chi connectivity index (χ4n) is 3.70. The smallest absolute Gasteiger partial charge is 0.290 e. The molecule has 176 valence electrons. The summed E-state index contributed by atoms with van der Waals surface area (Å²) < 4.78 is 8.07. The van der Waals surface area contributed by atoms with Crippen LogP contribution in [-0.2, 0) is 25.6 Å². The molecule has 0 unspecified atom stereocenters. The van der Waals surface area contributed by atoms with Gasteiger partial charge in [0.05, 0.1) is 6.54 Å². The fourth-order valence-corrected chi connectivity index (χ4v) is 4.60. The number of amides is 1. The molecule has 0 fully saturated rings. The minimum atomic E-state index is -0.142. The number of nitrogens with zero attached hydrogens (tertiary/aromatic N) is 3. The highest BCUT2D eigenvalue weighted by molar-refractivity contribution is 7.99. The molecule has 34 heavy (non-hydrogen) atoms. The highest BCUT2D eigenvalue weighted by Gasteiger charge is 2.22. The van der Waals surface area contributed by atoms with E-state index >= 15 is 0 Å². The lowest BCUT2D eigenvalue weighted by molar-refractivity contribution is 0.0688. The Morgan fingerprint density at radius 2 is 1.91 bits per heavy atom. The van der Waals surface area contributed by atoms with Gasteiger partial charge < -0.3 is 13.9 Å². The van der Waals surface area contributed by atoms with E-state index in [4.69, 9.17) is 4.42 Å². The molecule has 3 heterocycles. The van der Waals surface area contributed by atoms with Crippen LogP contribution >= 0.6 is 11.8 Å². The Labute approximate surface area is 205 Å². The highest BCUT2D eigenvalue weighted by atomic mass is 32.2. The molecule has 4 aromatic rings. The number of rotatable bonds is 7. The van der Waals surface area contributed by atoms with Gasteiger partial charge in [-0.3, -0.25) is 9.78 Å². The van der Waals surface area contributed by atoms with E-state index in [2.05, 4.69) is 50.9 Å². The topological polar surface area (TPSA) is 51.3 Å². The third kappa shape index (κ3) is 5.62. The molecule has 6 heteroatoms. The number of hydrogen-bond donors (Lipinski definition) is 0. The van der Waals surface area contributed by atoms with Crippen LogP contribution in [0.1, 0.15) is 53.7 Å². The third-order valence-electron chi connectivity index (χ3n) is 5.84. The number of carbonyl (C=O) groups is 1. The monoisotopic (exact) mass is 473 g/mol. The van der Waals surface area contributed by atoms with Gasteiger partial charge in [-0.15, -0.1) is 0 Å². The molecule has 0 bridgehead atoms. The molecule has 3 aromatic heterocycles. The van der Waals surface area contributed by atoms with Crippen molar-refractivity contribution in [1.82, 2.24) is 14.5 Å². The summed E-state index contributed by atoms with van der Waals surface area (Å²) in [6.07, 6.45) is 5.51. The summed E-state index contributed by atoms with van der Waals surface area (Å²) in [7, 11) is 1.98. The van der Waals surface area contributed by atoms with Crippen molar-refractivity contribution in [2.45, 2.75) is 56.2 Å². The molecule has 0 radical (unpaired) electrons. The summed E-state index contributed by atoms with van der Waals surface area (Å²) in [6, 6.07) is 18.1. The molecule has 5 nitrogen and oxygen atoms in total. The number of pyridine rings is 1. The second-order valence-electron chi connectivity index (χ2n) is 9.58. The molecule has 0 aliphatic heterocycles. The Hall–Kier alpha value is -3.25. The minimum absolute atomic E-state index is 0.0665. The molecular weight excluding hydrogens is 442 g/mol. The van der Waals surface area contributed by atoms with Crippen molar-refractivity contribution in [1.29, 1.82) is 0 Å². The number of carbonyl (C=O) groups excluding carboxylic acids is 1. The van der Waals surface area contributed by atoms with Crippen LogP contribution in [0.4, 0.5) is 0 Å². The minimum Gasteiger partial charge on any atom is -0.444 e. The average molecular weight is 474 g/mol.